The molecule has 1 aliphatic rings. The van der Waals surface area contributed by atoms with E-state index in [1.165, 1.54) is 12.8 Å². The molecule has 0 saturated carbocycles. The van der Waals surface area contributed by atoms with Crippen molar-refractivity contribution in [2.24, 2.45) is 5.73 Å². The van der Waals surface area contributed by atoms with Gasteiger partial charge >= 0.3 is 0 Å². The molecule has 4 nitrogen and oxygen atoms in total. The molecule has 18 heavy (non-hydrogen) atoms. The van der Waals surface area contributed by atoms with Crippen LogP contribution < -0.4 is 5.73 Å². The summed E-state index contributed by atoms with van der Waals surface area (Å²) in [4.78, 5) is 5.61. The van der Waals surface area contributed by atoms with Gasteiger partial charge in [-0.05, 0) is 25.7 Å². The molecule has 2 aromatic heterocycles. The van der Waals surface area contributed by atoms with Gasteiger partial charge in [-0.2, -0.15) is 0 Å². The summed E-state index contributed by atoms with van der Waals surface area (Å²) in [5.41, 5.74) is 7.29. The van der Waals surface area contributed by atoms with Gasteiger partial charge in [0.25, 0.3) is 0 Å². The molecule has 3 heterocycles. The zero-order chi connectivity index (χ0) is 12.4. The minimum absolute atomic E-state index is 0.151. The quantitative estimate of drug-likeness (QED) is 0.922. The van der Waals surface area contributed by atoms with E-state index in [-0.39, 0.29) is 6.04 Å². The van der Waals surface area contributed by atoms with Crippen LogP contribution in [0.5, 0.6) is 0 Å². The topological polar surface area (TPSA) is 52.5 Å². The summed E-state index contributed by atoms with van der Waals surface area (Å²) >= 11 is 1.66. The van der Waals surface area contributed by atoms with Gasteiger partial charge < -0.3 is 10.5 Å². The van der Waals surface area contributed by atoms with Crippen molar-refractivity contribution in [2.45, 2.75) is 44.2 Å². The molecule has 98 valence electrons. The number of nitrogens with zero attached hydrogens (tertiary/aromatic N) is 2. The lowest BCUT2D eigenvalue weighted by Crippen LogP contribution is -2.31. The van der Waals surface area contributed by atoms with Crippen molar-refractivity contribution in [3.05, 3.63) is 23.5 Å². The van der Waals surface area contributed by atoms with Crippen LogP contribution in [0.1, 0.15) is 31.4 Å². The number of ether oxygens (including phenoxy) is 1. The van der Waals surface area contributed by atoms with Crippen molar-refractivity contribution in [1.82, 2.24) is 9.38 Å². The van der Waals surface area contributed by atoms with Gasteiger partial charge in [0, 0.05) is 36.8 Å². The Kier molecular flexibility index (Phi) is 3.63. The highest BCUT2D eigenvalue weighted by molar-refractivity contribution is 7.15. The van der Waals surface area contributed by atoms with Crippen molar-refractivity contribution in [2.75, 3.05) is 6.61 Å². The van der Waals surface area contributed by atoms with E-state index in [4.69, 9.17) is 10.5 Å². The van der Waals surface area contributed by atoms with E-state index < -0.39 is 0 Å². The Morgan fingerprint density at radius 2 is 2.50 bits per heavy atom. The van der Waals surface area contributed by atoms with Gasteiger partial charge in [-0.25, -0.2) is 4.98 Å². The molecule has 3 rings (SSSR count). The Hall–Kier alpha value is -0.910. The van der Waals surface area contributed by atoms with Crippen molar-refractivity contribution in [3.8, 4) is 0 Å². The van der Waals surface area contributed by atoms with Crippen molar-refractivity contribution in [3.63, 3.8) is 0 Å². The SMILES string of the molecule is NC(Cc1cn2ccsc2n1)CC1CCCCO1. The van der Waals surface area contributed by atoms with E-state index in [9.17, 15) is 0 Å². The van der Waals surface area contributed by atoms with Crippen LogP contribution in [-0.2, 0) is 11.2 Å². The smallest absolute Gasteiger partial charge is 0.193 e. The first-order valence-electron chi connectivity index (χ1n) is 6.59. The molecule has 0 amide bonds. The lowest BCUT2D eigenvalue weighted by Gasteiger charge is -2.24. The highest BCUT2D eigenvalue weighted by Gasteiger charge is 2.18. The molecule has 1 aliphatic heterocycles. The second-order valence-electron chi connectivity index (χ2n) is 5.01. The molecular formula is C13H19N3OS. The second-order valence-corrected chi connectivity index (χ2v) is 5.89. The second kappa shape index (κ2) is 5.38. The molecule has 5 heteroatoms. The number of imidazole rings is 1. The van der Waals surface area contributed by atoms with E-state index in [1.54, 1.807) is 11.3 Å². The van der Waals surface area contributed by atoms with Gasteiger partial charge in [0.15, 0.2) is 4.96 Å². The first kappa shape index (κ1) is 12.1. The zero-order valence-electron chi connectivity index (χ0n) is 10.4. The third kappa shape index (κ3) is 2.74. The van der Waals surface area contributed by atoms with Crippen LogP contribution in [0.15, 0.2) is 17.8 Å². The van der Waals surface area contributed by atoms with Gasteiger partial charge in [0.1, 0.15) is 0 Å². The number of fused-ring (bicyclic) bond motifs is 1. The summed E-state index contributed by atoms with van der Waals surface area (Å²) in [5, 5.41) is 2.04. The lowest BCUT2D eigenvalue weighted by molar-refractivity contribution is 0.00743. The number of rotatable bonds is 4. The predicted octanol–water partition coefficient (Wildman–Crippen LogP) is 2.22. The highest BCUT2D eigenvalue weighted by atomic mass is 32.1. The number of aromatic nitrogens is 2. The van der Waals surface area contributed by atoms with E-state index in [2.05, 4.69) is 15.6 Å². The van der Waals surface area contributed by atoms with Gasteiger partial charge in [0.05, 0.1) is 11.8 Å². The highest BCUT2D eigenvalue weighted by Crippen LogP contribution is 2.18. The Bertz CT molecular complexity index is 473. The average molecular weight is 265 g/mol. The van der Waals surface area contributed by atoms with Crippen LogP contribution in [-0.4, -0.2) is 28.1 Å². The summed E-state index contributed by atoms with van der Waals surface area (Å²) < 4.78 is 7.79. The summed E-state index contributed by atoms with van der Waals surface area (Å²) in [6, 6.07) is 0.151. The van der Waals surface area contributed by atoms with Crippen LogP contribution in [0.25, 0.3) is 4.96 Å². The Morgan fingerprint density at radius 3 is 3.28 bits per heavy atom. The molecule has 0 bridgehead atoms. The van der Waals surface area contributed by atoms with E-state index >= 15 is 0 Å². The molecule has 2 aromatic rings. The molecule has 0 spiro atoms. The Labute approximate surface area is 111 Å². The molecule has 2 atom stereocenters. The molecule has 2 N–H and O–H groups in total. The largest absolute Gasteiger partial charge is 0.378 e. The van der Waals surface area contributed by atoms with E-state index in [0.717, 1.165) is 36.5 Å². The Balaban J connectivity index is 1.56. The Morgan fingerprint density at radius 1 is 1.56 bits per heavy atom. The first-order chi connectivity index (χ1) is 8.81. The average Bonchev–Trinajstić information content (AvgIpc) is 2.90. The molecule has 0 aliphatic carbocycles. The fraction of sp³-hybridized carbons (Fsp3) is 0.615. The molecular weight excluding hydrogens is 246 g/mol. The molecule has 1 fully saturated rings. The predicted molar refractivity (Wildman–Crippen MR) is 73.0 cm³/mol. The van der Waals surface area contributed by atoms with E-state index in [0.29, 0.717) is 6.10 Å². The molecule has 0 radical (unpaired) electrons. The van der Waals surface area contributed by atoms with Gasteiger partial charge in [-0.1, -0.05) is 0 Å². The van der Waals surface area contributed by atoms with Crippen molar-refractivity contribution < 1.29 is 4.74 Å². The number of hydrogen-bond donors (Lipinski definition) is 1. The lowest BCUT2D eigenvalue weighted by atomic mass is 10.00. The monoisotopic (exact) mass is 265 g/mol. The molecule has 1 saturated heterocycles. The van der Waals surface area contributed by atoms with Crippen LogP contribution in [0.4, 0.5) is 0 Å². The number of nitrogens with two attached hydrogens (primary N) is 1. The summed E-state index contributed by atoms with van der Waals surface area (Å²) in [7, 11) is 0. The van der Waals surface area contributed by atoms with Gasteiger partial charge in [0.2, 0.25) is 0 Å². The van der Waals surface area contributed by atoms with Gasteiger partial charge in [-0.3, -0.25) is 4.40 Å². The number of hydrogen-bond acceptors (Lipinski definition) is 4. The maximum absolute atomic E-state index is 6.20. The summed E-state index contributed by atoms with van der Waals surface area (Å²) in [5.74, 6) is 0. The van der Waals surface area contributed by atoms with Gasteiger partial charge in [-0.15, -0.1) is 11.3 Å². The fourth-order valence-electron chi connectivity index (χ4n) is 2.56. The first-order valence-corrected chi connectivity index (χ1v) is 7.47. The third-order valence-corrected chi connectivity index (χ3v) is 4.22. The van der Waals surface area contributed by atoms with Crippen LogP contribution in [0.3, 0.4) is 0 Å². The maximum atomic E-state index is 6.20. The summed E-state index contributed by atoms with van der Waals surface area (Å²) in [6.07, 6.45) is 9.89. The van der Waals surface area contributed by atoms with Crippen molar-refractivity contribution in [1.29, 1.82) is 0 Å². The normalized spacial score (nSPS) is 22.4. The van der Waals surface area contributed by atoms with Crippen LogP contribution in [0.2, 0.25) is 0 Å². The third-order valence-electron chi connectivity index (χ3n) is 3.45. The van der Waals surface area contributed by atoms with E-state index in [1.807, 2.05) is 11.6 Å². The van der Waals surface area contributed by atoms with Crippen LogP contribution >= 0.6 is 11.3 Å². The zero-order valence-corrected chi connectivity index (χ0v) is 11.2. The number of thiazole rings is 1. The molecule has 2 unspecified atom stereocenters. The molecule has 0 aromatic carbocycles. The maximum Gasteiger partial charge on any atom is 0.193 e. The standard InChI is InChI=1S/C13H19N3OS/c14-10(8-12-3-1-2-5-17-12)7-11-9-16-4-6-18-13(16)15-11/h4,6,9-10,12H,1-3,5,7-8,14H2. The minimum atomic E-state index is 0.151. The van der Waals surface area contributed by atoms with Crippen molar-refractivity contribution >= 4 is 16.3 Å². The summed E-state index contributed by atoms with van der Waals surface area (Å²) in [6.45, 7) is 0.900. The minimum Gasteiger partial charge on any atom is -0.378 e. The van der Waals surface area contributed by atoms with Crippen LogP contribution in [0, 0.1) is 0 Å². The fourth-order valence-corrected chi connectivity index (χ4v) is 3.28.